The van der Waals surface area contributed by atoms with Gasteiger partial charge in [0.15, 0.2) is 0 Å². The van der Waals surface area contributed by atoms with Crippen LogP contribution in [0.15, 0.2) is 30.4 Å². The molecule has 6 heteroatoms. The van der Waals surface area contributed by atoms with E-state index >= 15 is 0 Å². The van der Waals surface area contributed by atoms with Gasteiger partial charge in [-0.25, -0.2) is 0 Å². The Kier molecular flexibility index (Phi) is 5.94. The van der Waals surface area contributed by atoms with Crippen molar-refractivity contribution in [2.45, 2.75) is 51.5 Å². The van der Waals surface area contributed by atoms with Crippen molar-refractivity contribution in [1.82, 2.24) is 5.32 Å². The number of hydrogen-bond acceptors (Lipinski definition) is 3. The molecule has 2 aliphatic carbocycles. The monoisotopic (exact) mass is 370 g/mol. The fourth-order valence-electron chi connectivity index (χ4n) is 3.89. The molecule has 0 saturated heterocycles. The van der Waals surface area contributed by atoms with Crippen molar-refractivity contribution in [2.24, 2.45) is 11.8 Å². The Labute approximate surface area is 159 Å². The Balaban J connectivity index is 1.66. The number of benzene rings is 1. The van der Waals surface area contributed by atoms with Gasteiger partial charge in [-0.2, -0.15) is 0 Å². The minimum Gasteiger partial charge on any atom is -0.481 e. The highest BCUT2D eigenvalue weighted by atomic mass is 16.4. The second kappa shape index (κ2) is 8.37. The van der Waals surface area contributed by atoms with Crippen LogP contribution in [0.2, 0.25) is 0 Å². The molecule has 144 valence electrons. The van der Waals surface area contributed by atoms with E-state index in [9.17, 15) is 19.5 Å². The van der Waals surface area contributed by atoms with Crippen molar-refractivity contribution < 1.29 is 19.5 Å². The first-order valence-electron chi connectivity index (χ1n) is 9.56. The van der Waals surface area contributed by atoms with E-state index in [0.717, 1.165) is 31.2 Å². The molecule has 1 aromatic rings. The second-order valence-electron chi connectivity index (χ2n) is 7.47. The first-order chi connectivity index (χ1) is 13.0. The zero-order valence-electron chi connectivity index (χ0n) is 15.5. The van der Waals surface area contributed by atoms with Crippen LogP contribution in [0, 0.1) is 18.8 Å². The molecule has 0 aromatic heterocycles. The molecule has 0 spiro atoms. The van der Waals surface area contributed by atoms with Gasteiger partial charge in [0, 0.05) is 17.3 Å². The third-order valence-corrected chi connectivity index (χ3v) is 5.52. The van der Waals surface area contributed by atoms with Crippen molar-refractivity contribution in [3.8, 4) is 0 Å². The average Bonchev–Trinajstić information content (AvgIpc) is 3.16. The van der Waals surface area contributed by atoms with Gasteiger partial charge >= 0.3 is 5.97 Å². The molecule has 3 N–H and O–H groups in total. The molecule has 0 bridgehead atoms. The Morgan fingerprint density at radius 1 is 1.04 bits per heavy atom. The van der Waals surface area contributed by atoms with Gasteiger partial charge in [0.05, 0.1) is 11.8 Å². The Morgan fingerprint density at radius 3 is 2.33 bits per heavy atom. The normalized spacial score (nSPS) is 22.4. The lowest BCUT2D eigenvalue weighted by Gasteiger charge is -2.24. The summed E-state index contributed by atoms with van der Waals surface area (Å²) in [7, 11) is 0. The van der Waals surface area contributed by atoms with Crippen molar-refractivity contribution in [3.63, 3.8) is 0 Å². The first kappa shape index (κ1) is 19.1. The van der Waals surface area contributed by atoms with Crippen LogP contribution in [0.3, 0.4) is 0 Å². The first-order valence-corrected chi connectivity index (χ1v) is 9.56. The standard InChI is InChI=1S/C21H26N2O4/c1-13-12-14(19(24)22-15-6-2-3-7-15)10-11-18(13)23-20(25)16-8-4-5-9-17(16)21(26)27/h4-5,10-12,15-17H,2-3,6-9H2,1H3,(H,22,24)(H,23,25)(H,26,27)/t16-,17-/m0/s1. The number of nitrogens with one attached hydrogen (secondary N) is 2. The lowest BCUT2D eigenvalue weighted by Crippen LogP contribution is -2.35. The topological polar surface area (TPSA) is 95.5 Å². The molecule has 1 fully saturated rings. The summed E-state index contributed by atoms with van der Waals surface area (Å²) in [6.07, 6.45) is 8.82. The summed E-state index contributed by atoms with van der Waals surface area (Å²) < 4.78 is 0. The minimum absolute atomic E-state index is 0.0914. The van der Waals surface area contributed by atoms with Gasteiger partial charge in [0.2, 0.25) is 5.91 Å². The molecule has 0 aliphatic heterocycles. The van der Waals surface area contributed by atoms with Crippen LogP contribution < -0.4 is 10.6 Å². The van der Waals surface area contributed by atoms with Crippen LogP contribution in [0.1, 0.15) is 54.4 Å². The number of rotatable bonds is 5. The molecule has 1 saturated carbocycles. The van der Waals surface area contributed by atoms with E-state index < -0.39 is 17.8 Å². The largest absolute Gasteiger partial charge is 0.481 e. The van der Waals surface area contributed by atoms with Gasteiger partial charge in [-0.15, -0.1) is 0 Å². The van der Waals surface area contributed by atoms with Crippen LogP contribution >= 0.6 is 0 Å². The van der Waals surface area contributed by atoms with Gasteiger partial charge in [0.1, 0.15) is 0 Å². The van der Waals surface area contributed by atoms with Crippen LogP contribution in [-0.4, -0.2) is 28.9 Å². The van der Waals surface area contributed by atoms with Crippen molar-refractivity contribution >= 4 is 23.5 Å². The summed E-state index contributed by atoms with van der Waals surface area (Å²) in [6, 6.07) is 5.42. The molecule has 6 nitrogen and oxygen atoms in total. The molecule has 27 heavy (non-hydrogen) atoms. The molecule has 2 amide bonds. The Bertz CT molecular complexity index is 765. The van der Waals surface area contributed by atoms with E-state index in [0.29, 0.717) is 24.1 Å². The van der Waals surface area contributed by atoms with E-state index in [4.69, 9.17) is 0 Å². The van der Waals surface area contributed by atoms with Crippen molar-refractivity contribution in [2.75, 3.05) is 5.32 Å². The zero-order valence-corrected chi connectivity index (χ0v) is 15.5. The maximum atomic E-state index is 12.6. The summed E-state index contributed by atoms with van der Waals surface area (Å²) >= 11 is 0. The summed E-state index contributed by atoms with van der Waals surface area (Å²) in [5.74, 6) is -2.62. The van der Waals surface area contributed by atoms with E-state index in [1.165, 1.54) is 0 Å². The average molecular weight is 370 g/mol. The highest BCUT2D eigenvalue weighted by molar-refractivity contribution is 5.98. The number of carboxylic acids is 1. The highest BCUT2D eigenvalue weighted by Crippen LogP contribution is 2.28. The number of anilines is 1. The summed E-state index contributed by atoms with van der Waals surface area (Å²) in [4.78, 5) is 36.4. The number of amides is 2. The van der Waals surface area contributed by atoms with Gasteiger partial charge in [-0.3, -0.25) is 14.4 Å². The second-order valence-corrected chi connectivity index (χ2v) is 7.47. The predicted molar refractivity (Wildman–Crippen MR) is 103 cm³/mol. The fraction of sp³-hybridized carbons (Fsp3) is 0.476. The van der Waals surface area contributed by atoms with Gasteiger partial charge in [0.25, 0.3) is 5.91 Å². The quantitative estimate of drug-likeness (QED) is 0.693. The smallest absolute Gasteiger partial charge is 0.307 e. The van der Waals surface area contributed by atoms with Crippen LogP contribution in [0.4, 0.5) is 5.69 Å². The van der Waals surface area contributed by atoms with E-state index in [1.54, 1.807) is 18.2 Å². The molecule has 3 rings (SSSR count). The number of aliphatic carboxylic acids is 1. The lowest BCUT2D eigenvalue weighted by atomic mass is 9.82. The molecular formula is C21H26N2O4. The zero-order chi connectivity index (χ0) is 19.4. The minimum atomic E-state index is -0.949. The van der Waals surface area contributed by atoms with Crippen molar-refractivity contribution in [3.05, 3.63) is 41.5 Å². The molecule has 2 atom stereocenters. The molecule has 0 radical (unpaired) electrons. The predicted octanol–water partition coefficient (Wildman–Crippen LogP) is 3.27. The molecule has 0 unspecified atom stereocenters. The van der Waals surface area contributed by atoms with Gasteiger partial charge in [-0.1, -0.05) is 25.0 Å². The molecule has 0 heterocycles. The number of carbonyl (C=O) groups excluding carboxylic acids is 2. The van der Waals surface area contributed by atoms with Crippen LogP contribution in [0.25, 0.3) is 0 Å². The van der Waals surface area contributed by atoms with E-state index in [1.807, 2.05) is 19.1 Å². The van der Waals surface area contributed by atoms with Crippen LogP contribution in [0.5, 0.6) is 0 Å². The number of allylic oxidation sites excluding steroid dienone is 2. The highest BCUT2D eigenvalue weighted by Gasteiger charge is 2.34. The Morgan fingerprint density at radius 2 is 1.70 bits per heavy atom. The molecule has 1 aromatic carbocycles. The molecular weight excluding hydrogens is 344 g/mol. The number of carbonyl (C=O) groups is 3. The molecule has 2 aliphatic rings. The van der Waals surface area contributed by atoms with Crippen LogP contribution in [-0.2, 0) is 9.59 Å². The van der Waals surface area contributed by atoms with Crippen molar-refractivity contribution in [1.29, 1.82) is 0 Å². The maximum absolute atomic E-state index is 12.6. The number of hydrogen-bond donors (Lipinski definition) is 3. The fourth-order valence-corrected chi connectivity index (χ4v) is 3.89. The number of carboxylic acid groups (broad SMARTS) is 1. The lowest BCUT2D eigenvalue weighted by molar-refractivity contribution is -0.146. The third-order valence-electron chi connectivity index (χ3n) is 5.52. The SMILES string of the molecule is Cc1cc(C(=O)NC2CCCC2)ccc1NC(=O)[C@H]1CC=CC[C@@H]1C(=O)O. The Hall–Kier alpha value is -2.63. The van der Waals surface area contributed by atoms with Gasteiger partial charge < -0.3 is 15.7 Å². The van der Waals surface area contributed by atoms with E-state index in [-0.39, 0.29) is 17.9 Å². The van der Waals surface area contributed by atoms with E-state index in [2.05, 4.69) is 10.6 Å². The number of aryl methyl sites for hydroxylation is 1. The maximum Gasteiger partial charge on any atom is 0.307 e. The summed E-state index contributed by atoms with van der Waals surface area (Å²) in [5, 5.41) is 15.2. The van der Waals surface area contributed by atoms with Gasteiger partial charge in [-0.05, 0) is 56.4 Å². The third kappa shape index (κ3) is 4.56. The summed E-state index contributed by atoms with van der Waals surface area (Å²) in [5.41, 5.74) is 1.96. The summed E-state index contributed by atoms with van der Waals surface area (Å²) in [6.45, 7) is 1.83.